The molecule has 0 rings (SSSR count). The molecule has 0 saturated heterocycles. The van der Waals surface area contributed by atoms with Crippen molar-refractivity contribution in [1.82, 2.24) is 0 Å². The molecule has 0 aromatic heterocycles. The van der Waals surface area contributed by atoms with E-state index in [9.17, 15) is 9.59 Å². The Bertz CT molecular complexity index is 421. The van der Waals surface area contributed by atoms with Gasteiger partial charge in [-0.2, -0.15) is 0 Å². The van der Waals surface area contributed by atoms with Gasteiger partial charge in [0, 0.05) is 12.8 Å². The summed E-state index contributed by atoms with van der Waals surface area (Å²) in [6, 6.07) is 0. The van der Waals surface area contributed by atoms with E-state index in [4.69, 9.17) is 9.47 Å². The van der Waals surface area contributed by atoms with Crippen LogP contribution in [-0.4, -0.2) is 24.1 Å². The van der Waals surface area contributed by atoms with Crippen LogP contribution in [0.4, 0.5) is 0 Å². The van der Waals surface area contributed by atoms with E-state index < -0.39 is 0 Å². The van der Waals surface area contributed by atoms with Gasteiger partial charge in [0.1, 0.15) is 12.2 Å². The molecule has 0 aromatic rings. The van der Waals surface area contributed by atoms with Crippen LogP contribution in [0, 0.1) is 6.92 Å². The van der Waals surface area contributed by atoms with Crippen LogP contribution in [0.5, 0.6) is 0 Å². The Morgan fingerprint density at radius 1 is 0.529 bits per heavy atom. The molecule has 0 N–H and O–H groups in total. The summed E-state index contributed by atoms with van der Waals surface area (Å²) in [5.74, 6) is -0.266. The number of rotatable bonds is 25. The maximum Gasteiger partial charge on any atom is 0.306 e. The van der Waals surface area contributed by atoms with Crippen LogP contribution in [0.15, 0.2) is 0 Å². The van der Waals surface area contributed by atoms with E-state index in [-0.39, 0.29) is 24.1 Å². The lowest BCUT2D eigenvalue weighted by Gasteiger charge is -2.27. The standard InChI is InChI=1S/C30H57O4/c1-5-9-13-15-17-21-23-27(33-29(31)25-19-11-7-3)28(24-22-18-16-14-10-6-2)34-30(32)26-20-12-8-4/h27-28H,1,5-26H2,2-4H3. The van der Waals surface area contributed by atoms with Crippen LogP contribution in [0.2, 0.25) is 0 Å². The lowest BCUT2D eigenvalue weighted by Crippen LogP contribution is -2.35. The predicted molar refractivity (Wildman–Crippen MR) is 144 cm³/mol. The highest BCUT2D eigenvalue weighted by atomic mass is 16.6. The molecule has 2 atom stereocenters. The smallest absolute Gasteiger partial charge is 0.306 e. The Morgan fingerprint density at radius 3 is 1.29 bits per heavy atom. The lowest BCUT2D eigenvalue weighted by molar-refractivity contribution is -0.169. The zero-order chi connectivity index (χ0) is 25.3. The summed E-state index contributed by atoms with van der Waals surface area (Å²) in [5, 5.41) is 0. The topological polar surface area (TPSA) is 52.6 Å². The Labute approximate surface area is 212 Å². The number of hydrogen-bond acceptors (Lipinski definition) is 4. The van der Waals surface area contributed by atoms with Crippen molar-refractivity contribution >= 4 is 11.9 Å². The summed E-state index contributed by atoms with van der Waals surface area (Å²) in [5.41, 5.74) is 0. The number of carbonyl (C=O) groups is 2. The number of esters is 2. The molecule has 0 bridgehead atoms. The minimum Gasteiger partial charge on any atom is -0.458 e. The Morgan fingerprint density at radius 2 is 0.882 bits per heavy atom. The fraction of sp³-hybridized carbons (Fsp3) is 0.900. The van der Waals surface area contributed by atoms with E-state index >= 15 is 0 Å². The van der Waals surface area contributed by atoms with Gasteiger partial charge in [0.25, 0.3) is 0 Å². The minimum atomic E-state index is -0.312. The van der Waals surface area contributed by atoms with Crippen molar-refractivity contribution in [3.63, 3.8) is 0 Å². The molecule has 1 radical (unpaired) electrons. The van der Waals surface area contributed by atoms with Crippen molar-refractivity contribution < 1.29 is 19.1 Å². The molecule has 0 aliphatic rings. The zero-order valence-corrected chi connectivity index (χ0v) is 23.1. The highest BCUT2D eigenvalue weighted by molar-refractivity contribution is 5.70. The van der Waals surface area contributed by atoms with Gasteiger partial charge in [0.2, 0.25) is 0 Å². The predicted octanol–water partition coefficient (Wildman–Crippen LogP) is 9.29. The maximum atomic E-state index is 12.6. The highest BCUT2D eigenvalue weighted by Crippen LogP contribution is 2.22. The first-order chi connectivity index (χ1) is 16.6. The molecule has 0 heterocycles. The van der Waals surface area contributed by atoms with Crippen molar-refractivity contribution in [3.05, 3.63) is 6.92 Å². The molecule has 0 saturated carbocycles. The van der Waals surface area contributed by atoms with Gasteiger partial charge in [-0.1, -0.05) is 118 Å². The second-order valence-electron chi connectivity index (χ2n) is 9.94. The van der Waals surface area contributed by atoms with Gasteiger partial charge in [-0.25, -0.2) is 0 Å². The van der Waals surface area contributed by atoms with E-state index in [0.29, 0.717) is 12.8 Å². The monoisotopic (exact) mass is 481 g/mol. The lowest BCUT2D eigenvalue weighted by atomic mass is 9.99. The largest absolute Gasteiger partial charge is 0.458 e. The van der Waals surface area contributed by atoms with Gasteiger partial charge < -0.3 is 9.47 Å². The number of carbonyl (C=O) groups excluding carboxylic acids is 2. The average Bonchev–Trinajstić information content (AvgIpc) is 2.82. The molecule has 4 heteroatoms. The van der Waals surface area contributed by atoms with E-state index in [0.717, 1.165) is 83.5 Å². The van der Waals surface area contributed by atoms with E-state index in [1.54, 1.807) is 0 Å². The second kappa shape index (κ2) is 25.0. The Balaban J connectivity index is 5.02. The van der Waals surface area contributed by atoms with Crippen LogP contribution in [0.25, 0.3) is 0 Å². The number of unbranched alkanes of at least 4 members (excludes halogenated alkanes) is 14. The second-order valence-corrected chi connectivity index (χ2v) is 9.94. The maximum absolute atomic E-state index is 12.6. The summed E-state index contributed by atoms with van der Waals surface area (Å²) in [6.07, 6.45) is 21.7. The normalized spacial score (nSPS) is 12.9. The van der Waals surface area contributed by atoms with Crippen molar-refractivity contribution in [3.8, 4) is 0 Å². The summed E-state index contributed by atoms with van der Waals surface area (Å²) < 4.78 is 12.0. The molecule has 0 amide bonds. The molecule has 34 heavy (non-hydrogen) atoms. The summed E-state index contributed by atoms with van der Waals surface area (Å²) in [6.45, 7) is 10.4. The van der Waals surface area contributed by atoms with Gasteiger partial charge >= 0.3 is 11.9 Å². The molecule has 201 valence electrons. The molecule has 0 aliphatic heterocycles. The first-order valence-corrected chi connectivity index (χ1v) is 14.8. The van der Waals surface area contributed by atoms with Crippen molar-refractivity contribution in [2.24, 2.45) is 0 Å². The Kier molecular flexibility index (Phi) is 24.3. The van der Waals surface area contributed by atoms with Crippen molar-refractivity contribution in [1.29, 1.82) is 0 Å². The van der Waals surface area contributed by atoms with Gasteiger partial charge in [-0.15, -0.1) is 0 Å². The van der Waals surface area contributed by atoms with Crippen LogP contribution >= 0.6 is 0 Å². The van der Waals surface area contributed by atoms with Gasteiger partial charge in [0.05, 0.1) is 0 Å². The summed E-state index contributed by atoms with van der Waals surface area (Å²) >= 11 is 0. The van der Waals surface area contributed by atoms with Gasteiger partial charge in [-0.3, -0.25) is 9.59 Å². The molecular formula is C30H57O4. The van der Waals surface area contributed by atoms with E-state index in [1.807, 2.05) is 0 Å². The molecule has 2 unspecified atom stereocenters. The fourth-order valence-electron chi connectivity index (χ4n) is 4.31. The van der Waals surface area contributed by atoms with Crippen molar-refractivity contribution in [2.75, 3.05) is 0 Å². The minimum absolute atomic E-state index is 0.132. The third-order valence-corrected chi connectivity index (χ3v) is 6.53. The zero-order valence-electron chi connectivity index (χ0n) is 23.1. The molecule has 0 fully saturated rings. The third kappa shape index (κ3) is 20.3. The first-order valence-electron chi connectivity index (χ1n) is 14.8. The van der Waals surface area contributed by atoms with E-state index in [2.05, 4.69) is 27.7 Å². The highest BCUT2D eigenvalue weighted by Gasteiger charge is 2.28. The van der Waals surface area contributed by atoms with Gasteiger partial charge in [-0.05, 0) is 38.5 Å². The number of ether oxygens (including phenoxy) is 2. The first kappa shape index (κ1) is 32.9. The van der Waals surface area contributed by atoms with Crippen LogP contribution < -0.4 is 0 Å². The molecule has 0 aliphatic carbocycles. The Hall–Kier alpha value is -1.06. The number of hydrogen-bond donors (Lipinski definition) is 0. The van der Waals surface area contributed by atoms with Crippen molar-refractivity contribution in [2.45, 2.75) is 174 Å². The SMILES string of the molecule is [CH2]CCCCCCCC(OC(=O)CCCCC)C(CCCCCCCC)OC(=O)CCCCC. The quantitative estimate of drug-likeness (QED) is 0.0962. The molecule has 4 nitrogen and oxygen atoms in total. The third-order valence-electron chi connectivity index (χ3n) is 6.53. The molecule has 0 spiro atoms. The molecular weight excluding hydrogens is 424 g/mol. The van der Waals surface area contributed by atoms with Crippen LogP contribution in [0.3, 0.4) is 0 Å². The fourth-order valence-corrected chi connectivity index (χ4v) is 4.31. The van der Waals surface area contributed by atoms with Crippen LogP contribution in [-0.2, 0) is 19.1 Å². The van der Waals surface area contributed by atoms with Crippen LogP contribution in [0.1, 0.15) is 162 Å². The summed E-state index contributed by atoms with van der Waals surface area (Å²) in [7, 11) is 0. The average molecular weight is 482 g/mol. The van der Waals surface area contributed by atoms with Gasteiger partial charge in [0.15, 0.2) is 0 Å². The van der Waals surface area contributed by atoms with E-state index in [1.165, 1.54) is 44.9 Å². The summed E-state index contributed by atoms with van der Waals surface area (Å²) in [4.78, 5) is 25.2. The molecule has 0 aromatic carbocycles.